The lowest BCUT2D eigenvalue weighted by molar-refractivity contribution is -0.116. The van der Waals surface area contributed by atoms with Crippen molar-refractivity contribution in [2.75, 3.05) is 32.0 Å². The van der Waals surface area contributed by atoms with Crippen LogP contribution < -0.4 is 24.8 Å². The second kappa shape index (κ2) is 11.0. The van der Waals surface area contributed by atoms with Gasteiger partial charge in [-0.15, -0.1) is 0 Å². The van der Waals surface area contributed by atoms with Crippen molar-refractivity contribution in [2.24, 2.45) is 0 Å². The Bertz CT molecular complexity index is 1150. The minimum atomic E-state index is -0.511. The number of hydrogen-bond acceptors (Lipinski definition) is 5. The summed E-state index contributed by atoms with van der Waals surface area (Å²) < 4.78 is 29.4. The number of halogens is 1. The molecule has 0 saturated carbocycles. The molecule has 7 nitrogen and oxygen atoms in total. The molecular formula is C25H25FN2O5. The number of carbonyl (C=O) groups excluding carboxylic acids is 2. The van der Waals surface area contributed by atoms with E-state index in [4.69, 9.17) is 14.2 Å². The molecule has 3 aromatic rings. The molecule has 3 aromatic carbocycles. The van der Waals surface area contributed by atoms with E-state index in [0.29, 0.717) is 35.0 Å². The van der Waals surface area contributed by atoms with Crippen LogP contribution in [-0.4, -0.2) is 33.1 Å². The van der Waals surface area contributed by atoms with E-state index in [9.17, 15) is 14.0 Å². The zero-order valence-electron chi connectivity index (χ0n) is 18.6. The Morgan fingerprint density at radius 2 is 1.61 bits per heavy atom. The Kier molecular flexibility index (Phi) is 7.86. The predicted octanol–water partition coefficient (Wildman–Crippen LogP) is 4.68. The number of ether oxygens (including phenoxy) is 3. The molecule has 2 amide bonds. The van der Waals surface area contributed by atoms with Gasteiger partial charge < -0.3 is 24.8 Å². The minimum absolute atomic E-state index is 0.165. The van der Waals surface area contributed by atoms with Gasteiger partial charge in [0, 0.05) is 17.7 Å². The first-order valence-electron chi connectivity index (χ1n) is 10.2. The fourth-order valence-electron chi connectivity index (χ4n) is 3.33. The highest BCUT2D eigenvalue weighted by Crippen LogP contribution is 2.32. The molecule has 0 heterocycles. The Morgan fingerprint density at radius 3 is 2.30 bits per heavy atom. The summed E-state index contributed by atoms with van der Waals surface area (Å²) in [6.45, 7) is 0. The molecule has 3 rings (SSSR count). The first kappa shape index (κ1) is 23.6. The molecule has 0 fully saturated rings. The SMILES string of the molecule is COc1ccc(NC(=O)CCc2cccc(OC)c2OC)cc1NC(=O)c1cccc(F)c1. The number of nitrogens with one attached hydrogen (secondary N) is 2. The van der Waals surface area contributed by atoms with Crippen molar-refractivity contribution in [1.82, 2.24) is 0 Å². The number of benzene rings is 3. The van der Waals surface area contributed by atoms with Gasteiger partial charge in [-0.1, -0.05) is 18.2 Å². The third-order valence-corrected chi connectivity index (χ3v) is 4.92. The van der Waals surface area contributed by atoms with Gasteiger partial charge in [0.1, 0.15) is 11.6 Å². The van der Waals surface area contributed by atoms with Crippen LogP contribution in [0.2, 0.25) is 0 Å². The molecule has 172 valence electrons. The van der Waals surface area contributed by atoms with Crippen molar-refractivity contribution >= 4 is 23.2 Å². The van der Waals surface area contributed by atoms with Crippen molar-refractivity contribution in [3.63, 3.8) is 0 Å². The van der Waals surface area contributed by atoms with Gasteiger partial charge in [-0.2, -0.15) is 0 Å². The molecule has 0 saturated heterocycles. The lowest BCUT2D eigenvalue weighted by atomic mass is 10.1. The van der Waals surface area contributed by atoms with Crippen LogP contribution in [-0.2, 0) is 11.2 Å². The summed E-state index contributed by atoms with van der Waals surface area (Å²) in [5, 5.41) is 5.51. The number of amides is 2. The third-order valence-electron chi connectivity index (χ3n) is 4.92. The van der Waals surface area contributed by atoms with Crippen LogP contribution >= 0.6 is 0 Å². The zero-order chi connectivity index (χ0) is 23.8. The van der Waals surface area contributed by atoms with Gasteiger partial charge in [-0.3, -0.25) is 9.59 Å². The van der Waals surface area contributed by atoms with Crippen molar-refractivity contribution in [1.29, 1.82) is 0 Å². The van der Waals surface area contributed by atoms with Crippen LogP contribution in [0.25, 0.3) is 0 Å². The number of rotatable bonds is 9. The van der Waals surface area contributed by atoms with Gasteiger partial charge in [0.15, 0.2) is 11.5 Å². The number of carbonyl (C=O) groups is 2. The highest BCUT2D eigenvalue weighted by molar-refractivity contribution is 6.05. The van der Waals surface area contributed by atoms with Crippen molar-refractivity contribution in [2.45, 2.75) is 12.8 Å². The molecule has 0 radical (unpaired) electrons. The third kappa shape index (κ3) is 6.00. The van der Waals surface area contributed by atoms with E-state index in [0.717, 1.165) is 11.6 Å². The number of methoxy groups -OCH3 is 3. The molecule has 0 aliphatic heterocycles. The standard InChI is InChI=1S/C25H25FN2O5/c1-31-21-12-11-19(15-20(21)28-25(30)17-7-4-8-18(26)14-17)27-23(29)13-10-16-6-5-9-22(32-2)24(16)33-3/h4-9,11-12,14-15H,10,13H2,1-3H3,(H,27,29)(H,28,30). The molecule has 0 aliphatic rings. The minimum Gasteiger partial charge on any atom is -0.495 e. The summed E-state index contributed by atoms with van der Waals surface area (Å²) >= 11 is 0. The van der Waals surface area contributed by atoms with E-state index >= 15 is 0 Å². The fourth-order valence-corrected chi connectivity index (χ4v) is 3.33. The van der Waals surface area contributed by atoms with Crippen molar-refractivity contribution in [3.8, 4) is 17.2 Å². The molecule has 0 unspecified atom stereocenters. The maximum absolute atomic E-state index is 13.4. The first-order valence-corrected chi connectivity index (χ1v) is 10.2. The molecule has 0 atom stereocenters. The van der Waals surface area contributed by atoms with Crippen LogP contribution in [0.3, 0.4) is 0 Å². The quantitative estimate of drug-likeness (QED) is 0.493. The van der Waals surface area contributed by atoms with Crippen LogP contribution in [0.15, 0.2) is 60.7 Å². The molecular weight excluding hydrogens is 427 g/mol. The van der Waals surface area contributed by atoms with E-state index < -0.39 is 11.7 Å². The highest BCUT2D eigenvalue weighted by Gasteiger charge is 2.14. The summed E-state index contributed by atoms with van der Waals surface area (Å²) in [7, 11) is 4.58. The highest BCUT2D eigenvalue weighted by atomic mass is 19.1. The molecule has 0 aromatic heterocycles. The molecule has 0 aliphatic carbocycles. The topological polar surface area (TPSA) is 85.9 Å². The average molecular weight is 452 g/mol. The van der Waals surface area contributed by atoms with Gasteiger partial charge in [-0.05, 0) is 54.4 Å². The average Bonchev–Trinajstić information content (AvgIpc) is 2.82. The fraction of sp³-hybridized carbons (Fsp3) is 0.200. The van der Waals surface area contributed by atoms with E-state index in [1.165, 1.54) is 25.3 Å². The van der Waals surface area contributed by atoms with E-state index in [-0.39, 0.29) is 17.9 Å². The van der Waals surface area contributed by atoms with Crippen molar-refractivity contribution in [3.05, 3.63) is 77.6 Å². The number of para-hydroxylation sites is 1. The van der Waals surface area contributed by atoms with Gasteiger partial charge in [-0.25, -0.2) is 4.39 Å². The Labute approximate surface area is 191 Å². The summed E-state index contributed by atoms with van der Waals surface area (Å²) in [6.07, 6.45) is 0.659. The van der Waals surface area contributed by atoms with E-state index in [1.54, 1.807) is 38.5 Å². The Hall–Kier alpha value is -4.07. The van der Waals surface area contributed by atoms with E-state index in [1.807, 2.05) is 12.1 Å². The van der Waals surface area contributed by atoms with Gasteiger partial charge in [0.2, 0.25) is 5.91 Å². The summed E-state index contributed by atoms with van der Waals surface area (Å²) in [5.74, 6) is 0.375. The molecule has 0 bridgehead atoms. The predicted molar refractivity (Wildman–Crippen MR) is 124 cm³/mol. The maximum atomic E-state index is 13.4. The number of hydrogen-bond donors (Lipinski definition) is 2. The maximum Gasteiger partial charge on any atom is 0.255 e. The van der Waals surface area contributed by atoms with Crippen LogP contribution in [0.1, 0.15) is 22.3 Å². The van der Waals surface area contributed by atoms with Crippen LogP contribution in [0.5, 0.6) is 17.2 Å². The summed E-state index contributed by atoms with van der Waals surface area (Å²) in [6, 6.07) is 15.7. The Morgan fingerprint density at radius 1 is 0.848 bits per heavy atom. The Balaban J connectivity index is 1.69. The second-order valence-electron chi connectivity index (χ2n) is 7.08. The van der Waals surface area contributed by atoms with Crippen LogP contribution in [0.4, 0.5) is 15.8 Å². The lowest BCUT2D eigenvalue weighted by Crippen LogP contribution is -2.15. The van der Waals surface area contributed by atoms with Crippen molar-refractivity contribution < 1.29 is 28.2 Å². The normalized spacial score (nSPS) is 10.3. The summed E-state index contributed by atoms with van der Waals surface area (Å²) in [5.41, 5.74) is 1.84. The monoisotopic (exact) mass is 452 g/mol. The summed E-state index contributed by atoms with van der Waals surface area (Å²) in [4.78, 5) is 25.0. The zero-order valence-corrected chi connectivity index (χ0v) is 18.6. The van der Waals surface area contributed by atoms with Crippen LogP contribution in [0, 0.1) is 5.82 Å². The smallest absolute Gasteiger partial charge is 0.255 e. The first-order chi connectivity index (χ1) is 15.9. The van der Waals surface area contributed by atoms with Gasteiger partial charge in [0.25, 0.3) is 5.91 Å². The largest absolute Gasteiger partial charge is 0.495 e. The molecule has 33 heavy (non-hydrogen) atoms. The van der Waals surface area contributed by atoms with E-state index in [2.05, 4.69) is 10.6 Å². The number of anilines is 2. The molecule has 0 spiro atoms. The van der Waals surface area contributed by atoms with Gasteiger partial charge >= 0.3 is 0 Å². The second-order valence-corrected chi connectivity index (χ2v) is 7.08. The molecule has 8 heteroatoms. The number of aryl methyl sites for hydroxylation is 1. The van der Waals surface area contributed by atoms with Gasteiger partial charge in [0.05, 0.1) is 27.0 Å². The molecule has 2 N–H and O–H groups in total. The lowest BCUT2D eigenvalue weighted by Gasteiger charge is -2.14.